The van der Waals surface area contributed by atoms with E-state index in [1.54, 1.807) is 0 Å². The lowest BCUT2D eigenvalue weighted by Gasteiger charge is -2.37. The Kier molecular flexibility index (Phi) is 6.31. The van der Waals surface area contributed by atoms with Gasteiger partial charge in [-0.2, -0.15) is 0 Å². The first-order chi connectivity index (χ1) is 15.6. The molecule has 174 valence electrons. The topological polar surface area (TPSA) is 89.6 Å². The number of rotatable bonds is 4. The zero-order chi connectivity index (χ0) is 22.1. The van der Waals surface area contributed by atoms with E-state index in [1.807, 2.05) is 9.80 Å². The van der Waals surface area contributed by atoms with Gasteiger partial charge in [-0.05, 0) is 64.5 Å². The molecule has 1 aliphatic carbocycles. The number of amides is 2. The van der Waals surface area contributed by atoms with E-state index in [2.05, 4.69) is 9.88 Å². The van der Waals surface area contributed by atoms with Crippen molar-refractivity contribution in [2.75, 3.05) is 32.7 Å². The molecule has 1 atom stereocenters. The van der Waals surface area contributed by atoms with Crippen molar-refractivity contribution in [2.24, 2.45) is 5.92 Å². The summed E-state index contributed by atoms with van der Waals surface area (Å²) in [7, 11) is 0. The Balaban J connectivity index is 1.34. The van der Waals surface area contributed by atoms with E-state index in [4.69, 9.17) is 4.98 Å². The molecule has 2 amide bonds. The standard InChI is InChI=1S/C24H35N5O3/c30-21(16-27-11-4-1-2-5-12-27)29-13-6-3-7-20(29)22-25-19-15-28(24(32)17-8-9-17)14-10-18(19)23(31)26-22/h17,20H,1-16H2,(H,25,26,31)/t20-/m1/s1. The third-order valence-corrected chi connectivity index (χ3v) is 7.53. The minimum atomic E-state index is -0.185. The molecule has 1 N–H and O–H groups in total. The molecule has 2 saturated heterocycles. The van der Waals surface area contributed by atoms with Gasteiger partial charge in [0.05, 0.1) is 24.8 Å². The van der Waals surface area contributed by atoms with Crippen LogP contribution in [-0.2, 0) is 22.6 Å². The first-order valence-electron chi connectivity index (χ1n) is 12.5. The van der Waals surface area contributed by atoms with Gasteiger partial charge >= 0.3 is 0 Å². The lowest BCUT2D eigenvalue weighted by molar-refractivity contribution is -0.136. The third kappa shape index (κ3) is 4.60. The largest absolute Gasteiger partial charge is 0.336 e. The first-order valence-corrected chi connectivity index (χ1v) is 12.5. The van der Waals surface area contributed by atoms with Gasteiger partial charge in [-0.15, -0.1) is 0 Å². The molecule has 1 saturated carbocycles. The Morgan fingerprint density at radius 2 is 1.69 bits per heavy atom. The summed E-state index contributed by atoms with van der Waals surface area (Å²) in [6.45, 7) is 4.15. The van der Waals surface area contributed by atoms with Crippen LogP contribution < -0.4 is 5.56 Å². The SMILES string of the molecule is O=C(C1CC1)N1CCc2c(nc([C@H]3CCCCN3C(=O)CN3CCCCCC3)[nH]c2=O)C1. The predicted molar refractivity (Wildman–Crippen MR) is 120 cm³/mol. The van der Waals surface area contributed by atoms with Crippen LogP contribution in [0.4, 0.5) is 0 Å². The summed E-state index contributed by atoms with van der Waals surface area (Å²) in [4.78, 5) is 52.6. The van der Waals surface area contributed by atoms with Gasteiger partial charge in [0.1, 0.15) is 5.82 Å². The molecule has 8 nitrogen and oxygen atoms in total. The van der Waals surface area contributed by atoms with Gasteiger partial charge in [0.15, 0.2) is 0 Å². The number of hydrogen-bond acceptors (Lipinski definition) is 5. The van der Waals surface area contributed by atoms with Crippen molar-refractivity contribution in [3.05, 3.63) is 27.4 Å². The fourth-order valence-electron chi connectivity index (χ4n) is 5.48. The van der Waals surface area contributed by atoms with Crippen molar-refractivity contribution in [3.8, 4) is 0 Å². The number of hydrogen-bond donors (Lipinski definition) is 1. The number of aromatic nitrogens is 2. The highest BCUT2D eigenvalue weighted by molar-refractivity contribution is 5.81. The molecule has 0 bridgehead atoms. The van der Waals surface area contributed by atoms with E-state index in [-0.39, 0.29) is 29.3 Å². The Bertz CT molecular complexity index is 917. The molecular formula is C24H35N5O3. The van der Waals surface area contributed by atoms with Crippen molar-refractivity contribution in [1.29, 1.82) is 0 Å². The zero-order valence-corrected chi connectivity index (χ0v) is 19.0. The summed E-state index contributed by atoms with van der Waals surface area (Å²) in [6, 6.07) is -0.185. The number of carbonyl (C=O) groups excluding carboxylic acids is 2. The van der Waals surface area contributed by atoms with Crippen LogP contribution in [0.1, 0.15) is 80.9 Å². The fourth-order valence-corrected chi connectivity index (χ4v) is 5.48. The van der Waals surface area contributed by atoms with Gasteiger partial charge in [-0.3, -0.25) is 19.3 Å². The number of carbonyl (C=O) groups is 2. The van der Waals surface area contributed by atoms with E-state index in [0.29, 0.717) is 44.0 Å². The predicted octanol–water partition coefficient (Wildman–Crippen LogP) is 1.99. The van der Waals surface area contributed by atoms with Gasteiger partial charge in [-0.1, -0.05) is 12.8 Å². The summed E-state index contributed by atoms with van der Waals surface area (Å²) in [6.07, 6.45) is 10.1. The van der Waals surface area contributed by atoms with E-state index >= 15 is 0 Å². The molecule has 4 heterocycles. The summed E-state index contributed by atoms with van der Waals surface area (Å²) >= 11 is 0. The molecule has 0 aromatic carbocycles. The molecule has 3 fully saturated rings. The monoisotopic (exact) mass is 441 g/mol. The van der Waals surface area contributed by atoms with Gasteiger partial charge in [0.25, 0.3) is 5.56 Å². The highest BCUT2D eigenvalue weighted by Crippen LogP contribution is 2.33. The van der Waals surface area contributed by atoms with Gasteiger partial charge in [0.2, 0.25) is 11.8 Å². The maximum absolute atomic E-state index is 13.3. The highest BCUT2D eigenvalue weighted by Gasteiger charge is 2.36. The van der Waals surface area contributed by atoms with Gasteiger partial charge in [0, 0.05) is 24.6 Å². The number of fused-ring (bicyclic) bond motifs is 1. The summed E-state index contributed by atoms with van der Waals surface area (Å²) < 4.78 is 0. The van der Waals surface area contributed by atoms with Crippen LogP contribution in [-0.4, -0.2) is 69.2 Å². The minimum absolute atomic E-state index is 0.103. The molecule has 32 heavy (non-hydrogen) atoms. The Morgan fingerprint density at radius 1 is 0.938 bits per heavy atom. The van der Waals surface area contributed by atoms with E-state index < -0.39 is 0 Å². The molecule has 1 aromatic rings. The Hall–Kier alpha value is -2.22. The Labute approximate surface area is 189 Å². The fraction of sp³-hybridized carbons (Fsp3) is 0.750. The molecular weight excluding hydrogens is 406 g/mol. The summed E-state index contributed by atoms with van der Waals surface area (Å²) in [5, 5.41) is 0. The van der Waals surface area contributed by atoms with Crippen molar-refractivity contribution in [2.45, 2.75) is 76.8 Å². The van der Waals surface area contributed by atoms with Crippen LogP contribution in [0.25, 0.3) is 0 Å². The van der Waals surface area contributed by atoms with Crippen molar-refractivity contribution >= 4 is 11.8 Å². The number of piperidine rings is 1. The number of H-pyrrole nitrogens is 1. The van der Waals surface area contributed by atoms with Crippen molar-refractivity contribution in [1.82, 2.24) is 24.7 Å². The molecule has 1 aromatic heterocycles. The third-order valence-electron chi connectivity index (χ3n) is 7.53. The van der Waals surface area contributed by atoms with Crippen LogP contribution in [0, 0.1) is 5.92 Å². The van der Waals surface area contributed by atoms with Crippen molar-refractivity contribution in [3.63, 3.8) is 0 Å². The molecule has 3 aliphatic heterocycles. The number of nitrogens with one attached hydrogen (secondary N) is 1. The summed E-state index contributed by atoms with van der Waals surface area (Å²) in [5.41, 5.74) is 1.32. The quantitative estimate of drug-likeness (QED) is 0.772. The second-order valence-electron chi connectivity index (χ2n) is 9.95. The lowest BCUT2D eigenvalue weighted by Crippen LogP contribution is -2.46. The number of aromatic amines is 1. The zero-order valence-electron chi connectivity index (χ0n) is 19.0. The average molecular weight is 442 g/mol. The average Bonchev–Trinajstić information content (AvgIpc) is 3.66. The number of nitrogens with zero attached hydrogens (tertiary/aromatic N) is 4. The normalized spacial score (nSPS) is 24.7. The summed E-state index contributed by atoms with van der Waals surface area (Å²) in [5.74, 6) is 1.11. The molecule has 8 heteroatoms. The number of likely N-dealkylation sites (tertiary alicyclic amines) is 2. The second kappa shape index (κ2) is 9.33. The molecule has 4 aliphatic rings. The van der Waals surface area contributed by atoms with Crippen LogP contribution in [0.2, 0.25) is 0 Å². The van der Waals surface area contributed by atoms with Gasteiger partial charge < -0.3 is 14.8 Å². The maximum atomic E-state index is 13.3. The van der Waals surface area contributed by atoms with Crippen LogP contribution in [0.5, 0.6) is 0 Å². The maximum Gasteiger partial charge on any atom is 0.254 e. The van der Waals surface area contributed by atoms with Crippen molar-refractivity contribution < 1.29 is 9.59 Å². The Morgan fingerprint density at radius 3 is 2.44 bits per heavy atom. The molecule has 5 rings (SSSR count). The molecule has 0 unspecified atom stereocenters. The lowest BCUT2D eigenvalue weighted by atomic mass is 10.00. The van der Waals surface area contributed by atoms with Crippen LogP contribution in [0.3, 0.4) is 0 Å². The van der Waals surface area contributed by atoms with Crippen LogP contribution >= 0.6 is 0 Å². The first kappa shape index (κ1) is 21.6. The smallest absolute Gasteiger partial charge is 0.254 e. The minimum Gasteiger partial charge on any atom is -0.336 e. The van der Waals surface area contributed by atoms with E-state index in [1.165, 1.54) is 12.8 Å². The second-order valence-corrected chi connectivity index (χ2v) is 9.95. The van der Waals surface area contributed by atoms with E-state index in [0.717, 1.165) is 63.7 Å². The van der Waals surface area contributed by atoms with E-state index in [9.17, 15) is 14.4 Å². The van der Waals surface area contributed by atoms with Crippen LogP contribution in [0.15, 0.2) is 4.79 Å². The molecule has 0 spiro atoms. The highest BCUT2D eigenvalue weighted by atomic mass is 16.2. The molecule has 0 radical (unpaired) electrons. The van der Waals surface area contributed by atoms with Gasteiger partial charge in [-0.25, -0.2) is 4.98 Å².